The first kappa shape index (κ1) is 17.3. The summed E-state index contributed by atoms with van der Waals surface area (Å²) in [5.41, 5.74) is 3.87. The van der Waals surface area contributed by atoms with Gasteiger partial charge in [-0.05, 0) is 30.2 Å². The monoisotopic (exact) mass is 400 g/mol. The average molecular weight is 401 g/mol. The van der Waals surface area contributed by atoms with E-state index in [2.05, 4.69) is 4.98 Å². The molecule has 6 heteroatoms. The number of aromatic nitrogens is 2. The van der Waals surface area contributed by atoms with Crippen LogP contribution in [0.15, 0.2) is 59.0 Å². The van der Waals surface area contributed by atoms with Gasteiger partial charge >= 0.3 is 0 Å². The van der Waals surface area contributed by atoms with Crippen LogP contribution in [0.1, 0.15) is 11.1 Å². The molecule has 2 aromatic carbocycles. The second kappa shape index (κ2) is 6.88. The van der Waals surface area contributed by atoms with Crippen molar-refractivity contribution < 1.29 is 0 Å². The van der Waals surface area contributed by atoms with Crippen LogP contribution in [0.25, 0.3) is 21.3 Å². The predicted molar refractivity (Wildman–Crippen MR) is 110 cm³/mol. The summed E-state index contributed by atoms with van der Waals surface area (Å²) < 4.78 is 1.59. The van der Waals surface area contributed by atoms with Crippen molar-refractivity contribution >= 4 is 44.8 Å². The summed E-state index contributed by atoms with van der Waals surface area (Å²) in [7, 11) is 0. The van der Waals surface area contributed by atoms with Crippen LogP contribution < -0.4 is 5.56 Å². The number of hydrogen-bond acceptors (Lipinski definition) is 3. The van der Waals surface area contributed by atoms with Crippen molar-refractivity contribution in [1.82, 2.24) is 9.55 Å². The number of rotatable bonds is 3. The maximum absolute atomic E-state index is 13.1. The van der Waals surface area contributed by atoms with E-state index in [-0.39, 0.29) is 5.56 Å². The van der Waals surface area contributed by atoms with E-state index in [9.17, 15) is 4.79 Å². The third-order valence-electron chi connectivity index (χ3n) is 4.28. The molecule has 0 bridgehead atoms. The zero-order chi connectivity index (χ0) is 18.3. The minimum absolute atomic E-state index is 0.0714. The van der Waals surface area contributed by atoms with Crippen molar-refractivity contribution in [3.05, 3.63) is 85.7 Å². The normalized spacial score (nSPS) is 11.2. The second-order valence-corrected chi connectivity index (χ2v) is 7.81. The van der Waals surface area contributed by atoms with E-state index < -0.39 is 0 Å². The van der Waals surface area contributed by atoms with Crippen molar-refractivity contribution in [2.24, 2.45) is 0 Å². The Hall–Kier alpha value is -2.14. The fourth-order valence-corrected chi connectivity index (χ4v) is 4.23. The Morgan fingerprint density at radius 1 is 1.12 bits per heavy atom. The highest BCUT2D eigenvalue weighted by Crippen LogP contribution is 2.31. The van der Waals surface area contributed by atoms with Crippen LogP contribution in [0, 0.1) is 6.92 Å². The molecule has 0 saturated heterocycles. The maximum Gasteiger partial charge on any atom is 0.263 e. The Kier molecular flexibility index (Phi) is 4.57. The van der Waals surface area contributed by atoms with Gasteiger partial charge in [0.15, 0.2) is 0 Å². The Morgan fingerprint density at radius 2 is 1.88 bits per heavy atom. The Balaban J connectivity index is 1.82. The minimum Gasteiger partial charge on any atom is -0.294 e. The molecule has 26 heavy (non-hydrogen) atoms. The number of fused-ring (bicyclic) bond motifs is 1. The smallest absolute Gasteiger partial charge is 0.263 e. The zero-order valence-corrected chi connectivity index (χ0v) is 16.2. The largest absolute Gasteiger partial charge is 0.294 e. The molecule has 0 amide bonds. The van der Waals surface area contributed by atoms with E-state index in [1.807, 2.05) is 42.6 Å². The van der Waals surface area contributed by atoms with E-state index >= 15 is 0 Å². The van der Waals surface area contributed by atoms with E-state index in [4.69, 9.17) is 23.2 Å². The lowest BCUT2D eigenvalue weighted by molar-refractivity contribution is 0.750. The molecule has 2 aromatic heterocycles. The zero-order valence-electron chi connectivity index (χ0n) is 13.9. The van der Waals surface area contributed by atoms with Gasteiger partial charge in [0, 0.05) is 21.0 Å². The van der Waals surface area contributed by atoms with Crippen LogP contribution in [-0.4, -0.2) is 9.55 Å². The highest BCUT2D eigenvalue weighted by Gasteiger charge is 2.14. The standard InChI is InChI=1S/C20H14Cl2N2OS/c1-12-2-4-13(5-3-12)16-10-26-19-18(16)20(25)24(11-23-19)9-14-6-7-15(21)8-17(14)22/h2-8,10-11H,9H2,1H3. The summed E-state index contributed by atoms with van der Waals surface area (Å²) in [4.78, 5) is 18.3. The summed E-state index contributed by atoms with van der Waals surface area (Å²) >= 11 is 13.7. The molecular weight excluding hydrogens is 387 g/mol. The molecule has 0 N–H and O–H groups in total. The van der Waals surface area contributed by atoms with E-state index in [0.717, 1.165) is 21.5 Å². The molecule has 2 heterocycles. The second-order valence-electron chi connectivity index (χ2n) is 6.11. The van der Waals surface area contributed by atoms with Gasteiger partial charge < -0.3 is 0 Å². The number of thiophene rings is 1. The fourth-order valence-electron chi connectivity index (χ4n) is 2.86. The summed E-state index contributed by atoms with van der Waals surface area (Å²) in [6, 6.07) is 13.4. The maximum atomic E-state index is 13.1. The highest BCUT2D eigenvalue weighted by atomic mass is 35.5. The predicted octanol–water partition coefficient (Wildman–Crippen LogP) is 5.79. The first-order chi connectivity index (χ1) is 12.5. The first-order valence-electron chi connectivity index (χ1n) is 8.00. The molecule has 0 unspecified atom stereocenters. The molecule has 130 valence electrons. The van der Waals surface area contributed by atoms with Crippen LogP contribution in [0.5, 0.6) is 0 Å². The van der Waals surface area contributed by atoms with Gasteiger partial charge in [0.25, 0.3) is 5.56 Å². The molecule has 0 saturated carbocycles. The van der Waals surface area contributed by atoms with Crippen molar-refractivity contribution in [2.45, 2.75) is 13.5 Å². The number of halogens is 2. The molecule has 0 radical (unpaired) electrons. The van der Waals surface area contributed by atoms with Gasteiger partial charge in [0.1, 0.15) is 4.83 Å². The lowest BCUT2D eigenvalue weighted by atomic mass is 10.1. The van der Waals surface area contributed by atoms with Crippen LogP contribution >= 0.6 is 34.5 Å². The summed E-state index contributed by atoms with van der Waals surface area (Å²) in [6.07, 6.45) is 1.57. The van der Waals surface area contributed by atoms with Gasteiger partial charge in [-0.3, -0.25) is 9.36 Å². The van der Waals surface area contributed by atoms with Crippen LogP contribution in [0.3, 0.4) is 0 Å². The van der Waals surface area contributed by atoms with Gasteiger partial charge in [-0.1, -0.05) is 59.1 Å². The van der Waals surface area contributed by atoms with E-state index in [1.54, 1.807) is 23.0 Å². The van der Waals surface area contributed by atoms with Gasteiger partial charge in [-0.15, -0.1) is 11.3 Å². The van der Waals surface area contributed by atoms with Crippen LogP contribution in [-0.2, 0) is 6.54 Å². The first-order valence-corrected chi connectivity index (χ1v) is 9.64. The van der Waals surface area contributed by atoms with Crippen molar-refractivity contribution in [3.63, 3.8) is 0 Å². The molecule has 0 fully saturated rings. The van der Waals surface area contributed by atoms with Crippen LogP contribution in [0.4, 0.5) is 0 Å². The van der Waals surface area contributed by atoms with Crippen LogP contribution in [0.2, 0.25) is 10.0 Å². The number of nitrogens with zero attached hydrogens (tertiary/aromatic N) is 2. The summed E-state index contributed by atoms with van der Waals surface area (Å²) in [5, 5.41) is 3.74. The molecule has 0 aliphatic carbocycles. The Bertz CT molecular complexity index is 1160. The molecule has 0 atom stereocenters. The topological polar surface area (TPSA) is 34.9 Å². The fraction of sp³-hybridized carbons (Fsp3) is 0.100. The van der Waals surface area contributed by atoms with E-state index in [0.29, 0.717) is 22.0 Å². The van der Waals surface area contributed by atoms with E-state index in [1.165, 1.54) is 16.9 Å². The quantitative estimate of drug-likeness (QED) is 0.436. The summed E-state index contributed by atoms with van der Waals surface area (Å²) in [5.74, 6) is 0. The minimum atomic E-state index is -0.0714. The van der Waals surface area contributed by atoms with Gasteiger partial charge in [-0.25, -0.2) is 4.98 Å². The molecule has 0 aliphatic rings. The molecule has 4 rings (SSSR count). The molecular formula is C20H14Cl2N2OS. The average Bonchev–Trinajstić information content (AvgIpc) is 3.05. The molecule has 0 aliphatic heterocycles. The molecule has 3 nitrogen and oxygen atoms in total. The van der Waals surface area contributed by atoms with Crippen molar-refractivity contribution in [3.8, 4) is 11.1 Å². The van der Waals surface area contributed by atoms with Gasteiger partial charge in [-0.2, -0.15) is 0 Å². The lowest BCUT2D eigenvalue weighted by Gasteiger charge is -2.08. The van der Waals surface area contributed by atoms with Gasteiger partial charge in [0.2, 0.25) is 0 Å². The third kappa shape index (κ3) is 3.16. The molecule has 4 aromatic rings. The third-order valence-corrected chi connectivity index (χ3v) is 5.75. The number of benzene rings is 2. The van der Waals surface area contributed by atoms with Crippen molar-refractivity contribution in [1.29, 1.82) is 0 Å². The Labute approximate surface area is 164 Å². The van der Waals surface area contributed by atoms with Gasteiger partial charge in [0.05, 0.1) is 18.3 Å². The Morgan fingerprint density at radius 3 is 2.62 bits per heavy atom. The number of aryl methyl sites for hydroxylation is 1. The van der Waals surface area contributed by atoms with Crippen molar-refractivity contribution in [2.75, 3.05) is 0 Å². The number of hydrogen-bond donors (Lipinski definition) is 0. The molecule has 0 spiro atoms. The highest BCUT2D eigenvalue weighted by molar-refractivity contribution is 7.17. The lowest BCUT2D eigenvalue weighted by Crippen LogP contribution is -2.21. The SMILES string of the molecule is Cc1ccc(-c2csc3ncn(Cc4ccc(Cl)cc4Cl)c(=O)c23)cc1. The summed E-state index contributed by atoms with van der Waals surface area (Å²) in [6.45, 7) is 2.39.